The summed E-state index contributed by atoms with van der Waals surface area (Å²) < 4.78 is 0. The third-order valence-corrected chi connectivity index (χ3v) is 6.48. The van der Waals surface area contributed by atoms with Crippen molar-refractivity contribution in [2.75, 3.05) is 27.4 Å². The first-order chi connectivity index (χ1) is 18.7. The Morgan fingerprint density at radius 1 is 0.641 bits per heavy atom. The van der Waals surface area contributed by atoms with Crippen molar-refractivity contribution in [1.29, 1.82) is 0 Å². The number of aryl methyl sites for hydroxylation is 1. The zero-order valence-electron chi connectivity index (χ0n) is 22.3. The SMILES string of the molecule is CCC(C)=C(Nc1ccc(NC(=O)c2ccc(N)cc2)cc1C)c1ccc(NC(=O)c2ccc(N)cc2)cc1. The number of nitrogen functional groups attached to an aromatic ring is 2. The van der Waals surface area contributed by atoms with Crippen LogP contribution in [0.4, 0.5) is 28.4 Å². The summed E-state index contributed by atoms with van der Waals surface area (Å²) in [5, 5.41) is 9.44. The summed E-state index contributed by atoms with van der Waals surface area (Å²) >= 11 is 0. The lowest BCUT2D eigenvalue weighted by Gasteiger charge is -2.18. The third-order valence-electron chi connectivity index (χ3n) is 6.48. The maximum Gasteiger partial charge on any atom is 0.255 e. The number of allylic oxidation sites excluding steroid dienone is 1. The number of nitrogens with one attached hydrogen (secondary N) is 3. The van der Waals surface area contributed by atoms with Gasteiger partial charge in [0.25, 0.3) is 11.8 Å². The molecule has 0 atom stereocenters. The quantitative estimate of drug-likeness (QED) is 0.162. The fraction of sp³-hybridized carbons (Fsp3) is 0.125. The Morgan fingerprint density at radius 3 is 1.59 bits per heavy atom. The number of anilines is 5. The molecule has 0 aliphatic heterocycles. The lowest BCUT2D eigenvalue weighted by molar-refractivity contribution is 0.101. The zero-order chi connectivity index (χ0) is 27.9. The first-order valence-electron chi connectivity index (χ1n) is 12.7. The monoisotopic (exact) mass is 519 g/mol. The lowest BCUT2D eigenvalue weighted by Crippen LogP contribution is -2.12. The predicted octanol–water partition coefficient (Wildman–Crippen LogP) is 6.92. The molecule has 0 heterocycles. The Kier molecular flexibility index (Phi) is 8.31. The number of rotatable bonds is 8. The Balaban J connectivity index is 1.47. The average molecular weight is 520 g/mol. The predicted molar refractivity (Wildman–Crippen MR) is 162 cm³/mol. The van der Waals surface area contributed by atoms with Gasteiger partial charge in [-0.3, -0.25) is 9.59 Å². The highest BCUT2D eigenvalue weighted by Gasteiger charge is 2.12. The van der Waals surface area contributed by atoms with Gasteiger partial charge in [0.2, 0.25) is 0 Å². The molecule has 0 fully saturated rings. The molecule has 7 nitrogen and oxygen atoms in total. The van der Waals surface area contributed by atoms with Crippen molar-refractivity contribution in [1.82, 2.24) is 0 Å². The van der Waals surface area contributed by atoms with E-state index in [1.54, 1.807) is 48.5 Å². The van der Waals surface area contributed by atoms with Gasteiger partial charge in [-0.15, -0.1) is 0 Å². The van der Waals surface area contributed by atoms with Crippen LogP contribution in [0.25, 0.3) is 5.70 Å². The number of carbonyl (C=O) groups excluding carboxylic acids is 2. The van der Waals surface area contributed by atoms with Crippen molar-refractivity contribution >= 4 is 45.9 Å². The van der Waals surface area contributed by atoms with Crippen molar-refractivity contribution in [2.24, 2.45) is 0 Å². The van der Waals surface area contributed by atoms with Crippen LogP contribution in [0.5, 0.6) is 0 Å². The molecule has 0 spiro atoms. The minimum atomic E-state index is -0.194. The largest absolute Gasteiger partial charge is 0.399 e. The number of hydrogen-bond donors (Lipinski definition) is 5. The molecule has 198 valence electrons. The first-order valence-corrected chi connectivity index (χ1v) is 12.7. The molecule has 0 aliphatic carbocycles. The smallest absolute Gasteiger partial charge is 0.255 e. The molecule has 7 N–H and O–H groups in total. The molecule has 0 unspecified atom stereocenters. The summed E-state index contributed by atoms with van der Waals surface area (Å²) in [6, 6.07) is 27.1. The molecule has 4 rings (SSSR count). The third kappa shape index (κ3) is 6.84. The molecule has 0 aliphatic rings. The van der Waals surface area contributed by atoms with Crippen LogP contribution in [-0.4, -0.2) is 11.8 Å². The van der Waals surface area contributed by atoms with Gasteiger partial charge in [0, 0.05) is 45.3 Å². The molecule has 2 amide bonds. The molecule has 0 aromatic heterocycles. The van der Waals surface area contributed by atoms with Gasteiger partial charge in [-0.1, -0.05) is 19.1 Å². The van der Waals surface area contributed by atoms with Gasteiger partial charge in [0.05, 0.1) is 0 Å². The van der Waals surface area contributed by atoms with E-state index in [0.29, 0.717) is 33.9 Å². The van der Waals surface area contributed by atoms with Crippen molar-refractivity contribution in [3.63, 3.8) is 0 Å². The molecule has 7 heteroatoms. The molecular weight excluding hydrogens is 486 g/mol. The van der Waals surface area contributed by atoms with Crippen LogP contribution < -0.4 is 27.4 Å². The lowest BCUT2D eigenvalue weighted by atomic mass is 10.0. The van der Waals surface area contributed by atoms with Gasteiger partial charge >= 0.3 is 0 Å². The second-order valence-electron chi connectivity index (χ2n) is 9.39. The van der Waals surface area contributed by atoms with Crippen molar-refractivity contribution in [3.8, 4) is 0 Å². The minimum absolute atomic E-state index is 0.193. The van der Waals surface area contributed by atoms with E-state index in [1.165, 1.54) is 5.57 Å². The van der Waals surface area contributed by atoms with E-state index in [2.05, 4.69) is 29.8 Å². The fourth-order valence-electron chi connectivity index (χ4n) is 4.01. The number of hydrogen-bond acceptors (Lipinski definition) is 5. The maximum absolute atomic E-state index is 12.6. The summed E-state index contributed by atoms with van der Waals surface area (Å²) in [6.45, 7) is 6.20. The summed E-state index contributed by atoms with van der Waals surface area (Å²) in [7, 11) is 0. The van der Waals surface area contributed by atoms with E-state index in [0.717, 1.165) is 28.9 Å². The molecule has 4 aromatic carbocycles. The summed E-state index contributed by atoms with van der Waals surface area (Å²) in [5.41, 5.74) is 20.3. The highest BCUT2D eigenvalue weighted by molar-refractivity contribution is 6.05. The first kappa shape index (κ1) is 27.0. The Hall–Kier alpha value is -5.04. The fourth-order valence-corrected chi connectivity index (χ4v) is 4.01. The normalized spacial score (nSPS) is 11.4. The van der Waals surface area contributed by atoms with E-state index in [-0.39, 0.29) is 11.8 Å². The van der Waals surface area contributed by atoms with Gasteiger partial charge < -0.3 is 27.4 Å². The van der Waals surface area contributed by atoms with Crippen LogP contribution in [-0.2, 0) is 0 Å². The minimum Gasteiger partial charge on any atom is -0.399 e. The summed E-state index contributed by atoms with van der Waals surface area (Å²) in [4.78, 5) is 25.2. The topological polar surface area (TPSA) is 122 Å². The molecule has 0 saturated carbocycles. The Bertz CT molecular complexity index is 1510. The summed E-state index contributed by atoms with van der Waals surface area (Å²) in [6.07, 6.45) is 0.868. The van der Waals surface area contributed by atoms with Crippen LogP contribution in [0.15, 0.2) is 96.6 Å². The van der Waals surface area contributed by atoms with E-state index in [1.807, 2.05) is 49.4 Å². The molecule has 0 saturated heterocycles. The van der Waals surface area contributed by atoms with Crippen LogP contribution >= 0.6 is 0 Å². The van der Waals surface area contributed by atoms with Crippen LogP contribution in [0.2, 0.25) is 0 Å². The van der Waals surface area contributed by atoms with Gasteiger partial charge in [-0.25, -0.2) is 0 Å². The van der Waals surface area contributed by atoms with Gasteiger partial charge in [-0.2, -0.15) is 0 Å². The molecule has 4 aromatic rings. The molecule has 0 radical (unpaired) electrons. The van der Waals surface area contributed by atoms with E-state index >= 15 is 0 Å². The van der Waals surface area contributed by atoms with Gasteiger partial charge in [0.1, 0.15) is 0 Å². The number of benzene rings is 4. The van der Waals surface area contributed by atoms with Crippen molar-refractivity contribution in [2.45, 2.75) is 27.2 Å². The number of carbonyl (C=O) groups is 2. The summed E-state index contributed by atoms with van der Waals surface area (Å²) in [5.74, 6) is -0.387. The Labute approximate surface area is 228 Å². The van der Waals surface area contributed by atoms with Crippen LogP contribution in [0.1, 0.15) is 52.1 Å². The highest BCUT2D eigenvalue weighted by atomic mass is 16.2. The average Bonchev–Trinajstić information content (AvgIpc) is 2.93. The van der Waals surface area contributed by atoms with Crippen LogP contribution in [0.3, 0.4) is 0 Å². The molecule has 39 heavy (non-hydrogen) atoms. The highest BCUT2D eigenvalue weighted by Crippen LogP contribution is 2.28. The zero-order valence-corrected chi connectivity index (χ0v) is 22.3. The van der Waals surface area contributed by atoms with Gasteiger partial charge in [-0.05, 0) is 116 Å². The van der Waals surface area contributed by atoms with Crippen molar-refractivity contribution in [3.05, 3.63) is 119 Å². The standard InChI is InChI=1S/C32H33N5O2/c1-4-20(2)30(22-9-15-27(16-10-22)35-31(38)23-5-11-25(33)12-6-23)37-29-18-17-28(19-21(29)3)36-32(39)24-7-13-26(34)14-8-24/h5-19,37H,4,33-34H2,1-3H3,(H,35,38)(H,36,39). The van der Waals surface area contributed by atoms with Gasteiger partial charge in [0.15, 0.2) is 0 Å². The second-order valence-corrected chi connectivity index (χ2v) is 9.39. The van der Waals surface area contributed by atoms with E-state index in [9.17, 15) is 9.59 Å². The maximum atomic E-state index is 12.6. The van der Waals surface area contributed by atoms with Crippen molar-refractivity contribution < 1.29 is 9.59 Å². The number of amides is 2. The Morgan fingerprint density at radius 2 is 1.10 bits per heavy atom. The second kappa shape index (κ2) is 12.0. The molecular formula is C32H33N5O2. The van der Waals surface area contributed by atoms with Crippen LogP contribution in [0, 0.1) is 6.92 Å². The van der Waals surface area contributed by atoms with E-state index < -0.39 is 0 Å². The van der Waals surface area contributed by atoms with E-state index in [4.69, 9.17) is 11.5 Å². The number of nitrogens with two attached hydrogens (primary N) is 2. The molecule has 0 bridgehead atoms.